The summed E-state index contributed by atoms with van der Waals surface area (Å²) < 4.78 is 1.80. The van der Waals surface area contributed by atoms with Crippen LogP contribution in [0.5, 0.6) is 0 Å². The van der Waals surface area contributed by atoms with Crippen LogP contribution in [-0.4, -0.2) is 3.21 Å². The van der Waals surface area contributed by atoms with E-state index in [0.717, 1.165) is 0 Å². The average molecular weight is 402 g/mol. The molecule has 21 heavy (non-hydrogen) atoms. The molecule has 1 aromatic rings. The van der Waals surface area contributed by atoms with E-state index in [-0.39, 0.29) is 24.8 Å². The second kappa shape index (κ2) is 12.7. The van der Waals surface area contributed by atoms with Gasteiger partial charge in [0.25, 0.3) is 0 Å². The van der Waals surface area contributed by atoms with E-state index in [0.29, 0.717) is 5.92 Å². The van der Waals surface area contributed by atoms with E-state index in [4.69, 9.17) is 0 Å². The van der Waals surface area contributed by atoms with Crippen LogP contribution in [0.2, 0.25) is 0 Å². The van der Waals surface area contributed by atoms with Crippen molar-refractivity contribution in [3.8, 4) is 0 Å². The minimum atomic E-state index is 0. The average Bonchev–Trinajstić information content (AvgIpc) is 3.12. The Balaban J connectivity index is 0.000000389. The Bertz CT molecular complexity index is 412. The molecular formula is C18H23Cl2Zr-. The summed E-state index contributed by atoms with van der Waals surface area (Å²) in [5.41, 5.74) is 1.46. The SMILES string of the molecule is C1=CC(CC[c-]2cccc2)C=C1.[Cl-].[Cl-].[Zr+2]=[C]1CCCCC1. The first-order valence-corrected chi connectivity index (χ1v) is 8.69. The third kappa shape index (κ3) is 9.02. The van der Waals surface area contributed by atoms with Crippen LogP contribution in [0, 0.1) is 5.92 Å². The van der Waals surface area contributed by atoms with Gasteiger partial charge in [0.15, 0.2) is 0 Å². The predicted octanol–water partition coefficient (Wildman–Crippen LogP) is -1.24. The van der Waals surface area contributed by atoms with Crippen molar-refractivity contribution in [1.82, 2.24) is 0 Å². The summed E-state index contributed by atoms with van der Waals surface area (Å²) in [6.07, 6.45) is 18.6. The van der Waals surface area contributed by atoms with Gasteiger partial charge in [-0.2, -0.15) is 17.7 Å². The van der Waals surface area contributed by atoms with E-state index >= 15 is 0 Å². The van der Waals surface area contributed by atoms with E-state index < -0.39 is 0 Å². The number of hydrogen-bond donors (Lipinski definition) is 0. The molecule has 0 spiro atoms. The fraction of sp³-hybridized carbons (Fsp3) is 0.444. The zero-order valence-corrected chi connectivity index (χ0v) is 16.4. The van der Waals surface area contributed by atoms with Crippen LogP contribution in [0.3, 0.4) is 0 Å². The van der Waals surface area contributed by atoms with E-state index in [1.165, 1.54) is 50.5 Å². The molecule has 0 heterocycles. The van der Waals surface area contributed by atoms with Crippen molar-refractivity contribution in [3.05, 3.63) is 54.1 Å². The molecule has 2 aliphatic rings. The molecule has 1 fully saturated rings. The second-order valence-corrected chi connectivity index (χ2v) is 7.17. The molecule has 0 aromatic heterocycles. The van der Waals surface area contributed by atoms with Gasteiger partial charge in [0.1, 0.15) is 0 Å². The van der Waals surface area contributed by atoms with E-state index in [2.05, 4.69) is 48.6 Å². The van der Waals surface area contributed by atoms with Gasteiger partial charge in [-0.1, -0.05) is 30.7 Å². The maximum absolute atomic E-state index is 2.27. The molecule has 0 amide bonds. The number of allylic oxidation sites excluding steroid dienone is 4. The van der Waals surface area contributed by atoms with Gasteiger partial charge in [0, 0.05) is 0 Å². The monoisotopic (exact) mass is 399 g/mol. The number of aryl methyl sites for hydroxylation is 1. The molecule has 0 nitrogen and oxygen atoms in total. The summed E-state index contributed by atoms with van der Waals surface area (Å²) in [6.45, 7) is 0. The van der Waals surface area contributed by atoms with Gasteiger partial charge in [-0.3, -0.25) is 0 Å². The van der Waals surface area contributed by atoms with Gasteiger partial charge in [0.2, 0.25) is 0 Å². The number of halogens is 2. The number of hydrogen-bond acceptors (Lipinski definition) is 0. The first kappa shape index (κ1) is 21.2. The third-order valence-corrected chi connectivity index (χ3v) is 5.01. The maximum atomic E-state index is 2.27. The van der Waals surface area contributed by atoms with Crippen LogP contribution in [0.15, 0.2) is 48.6 Å². The Hall–Kier alpha value is 0.163. The van der Waals surface area contributed by atoms with Crippen molar-refractivity contribution in [1.29, 1.82) is 0 Å². The molecule has 0 N–H and O–H groups in total. The summed E-state index contributed by atoms with van der Waals surface area (Å²) in [5, 5.41) is 0. The normalized spacial score (nSPS) is 16.8. The van der Waals surface area contributed by atoms with Crippen LogP contribution in [0.4, 0.5) is 0 Å². The Labute approximate surface area is 156 Å². The van der Waals surface area contributed by atoms with Gasteiger partial charge in [-0.15, -0.1) is 0 Å². The van der Waals surface area contributed by atoms with Crippen molar-refractivity contribution in [2.45, 2.75) is 44.9 Å². The number of rotatable bonds is 3. The van der Waals surface area contributed by atoms with Crippen LogP contribution in [-0.2, 0) is 30.7 Å². The summed E-state index contributed by atoms with van der Waals surface area (Å²) in [6, 6.07) is 8.61. The first-order chi connectivity index (χ1) is 9.34. The van der Waals surface area contributed by atoms with E-state index in [1.54, 1.807) is 27.4 Å². The van der Waals surface area contributed by atoms with Crippen LogP contribution in [0.1, 0.15) is 44.1 Å². The standard InChI is InChI=1S/C12H13.C6H10.2ClH.Zr/c1-2-6-11(5-1)9-10-12-7-3-4-8-12;1-2-4-6-5-3-1;;;/h1-8,11H,9-10H2;1-5H2;2*1H;/q-1;;;;+2/p-2. The third-order valence-electron chi connectivity index (χ3n) is 3.78. The van der Waals surface area contributed by atoms with Crippen molar-refractivity contribution in [2.24, 2.45) is 5.92 Å². The Morgan fingerprint density at radius 3 is 2.00 bits per heavy atom. The molecule has 3 heteroatoms. The summed E-state index contributed by atoms with van der Waals surface area (Å²) >= 11 is 1.69. The molecule has 3 rings (SSSR count). The van der Waals surface area contributed by atoms with Gasteiger partial charge < -0.3 is 24.8 Å². The van der Waals surface area contributed by atoms with Gasteiger partial charge in [0.05, 0.1) is 0 Å². The molecule has 2 aliphatic carbocycles. The summed E-state index contributed by atoms with van der Waals surface area (Å²) in [5.74, 6) is 0.680. The van der Waals surface area contributed by atoms with Crippen molar-refractivity contribution in [2.75, 3.05) is 0 Å². The molecular weight excluding hydrogens is 378 g/mol. The van der Waals surface area contributed by atoms with Crippen molar-refractivity contribution < 1.29 is 49.0 Å². The fourth-order valence-electron chi connectivity index (χ4n) is 2.56. The van der Waals surface area contributed by atoms with Crippen LogP contribution < -0.4 is 24.8 Å². The molecule has 0 radical (unpaired) electrons. The quantitative estimate of drug-likeness (QED) is 0.556. The van der Waals surface area contributed by atoms with Crippen molar-refractivity contribution >= 4 is 3.21 Å². The molecule has 0 saturated heterocycles. The minimum absolute atomic E-state index is 0. The zero-order chi connectivity index (χ0) is 13.3. The summed E-state index contributed by atoms with van der Waals surface area (Å²) in [7, 11) is 0. The molecule has 1 saturated carbocycles. The first-order valence-electron chi connectivity index (χ1n) is 7.46. The van der Waals surface area contributed by atoms with E-state index in [1.807, 2.05) is 0 Å². The molecule has 114 valence electrons. The fourth-order valence-corrected chi connectivity index (χ4v) is 3.43. The predicted molar refractivity (Wildman–Crippen MR) is 80.2 cm³/mol. The van der Waals surface area contributed by atoms with Crippen LogP contribution in [0.25, 0.3) is 0 Å². The van der Waals surface area contributed by atoms with Crippen molar-refractivity contribution in [3.63, 3.8) is 0 Å². The Morgan fingerprint density at radius 2 is 1.52 bits per heavy atom. The zero-order valence-electron chi connectivity index (χ0n) is 12.4. The van der Waals surface area contributed by atoms with Gasteiger partial charge in [-0.25, -0.2) is 12.1 Å². The van der Waals surface area contributed by atoms with Gasteiger partial charge in [-0.05, 0) is 12.3 Å². The topological polar surface area (TPSA) is 0 Å². The van der Waals surface area contributed by atoms with Crippen LogP contribution >= 0.6 is 0 Å². The van der Waals surface area contributed by atoms with E-state index in [9.17, 15) is 0 Å². The van der Waals surface area contributed by atoms with Gasteiger partial charge >= 0.3 is 59.5 Å². The molecule has 1 aromatic carbocycles. The second-order valence-electron chi connectivity index (χ2n) is 5.43. The molecule has 0 atom stereocenters. The Morgan fingerprint density at radius 1 is 0.952 bits per heavy atom. The molecule has 0 unspecified atom stereocenters. The molecule has 0 bridgehead atoms. The Kier molecular flexibility index (Phi) is 12.8. The summed E-state index contributed by atoms with van der Waals surface area (Å²) in [4.78, 5) is 0. The molecule has 0 aliphatic heterocycles.